The third-order valence-electron chi connectivity index (χ3n) is 2.10. The molecule has 1 aromatic rings. The van der Waals surface area contributed by atoms with Gasteiger partial charge < -0.3 is 15.1 Å². The van der Waals surface area contributed by atoms with Gasteiger partial charge in [-0.2, -0.15) is 0 Å². The molecule has 4 nitrogen and oxygen atoms in total. The third kappa shape index (κ3) is 5.67. The SMILES string of the molecule is C#CCNC(=NCCC)NCCc1ccco1. The zero-order chi connectivity index (χ0) is 12.3. The molecule has 1 aromatic heterocycles. The Morgan fingerprint density at radius 3 is 3.06 bits per heavy atom. The van der Waals surface area contributed by atoms with Gasteiger partial charge in [0.05, 0.1) is 12.8 Å². The molecule has 2 N–H and O–H groups in total. The van der Waals surface area contributed by atoms with E-state index < -0.39 is 0 Å². The van der Waals surface area contributed by atoms with E-state index in [4.69, 9.17) is 10.8 Å². The molecule has 0 unspecified atom stereocenters. The van der Waals surface area contributed by atoms with Crippen LogP contribution in [0.2, 0.25) is 0 Å². The van der Waals surface area contributed by atoms with Crippen molar-refractivity contribution in [2.45, 2.75) is 19.8 Å². The molecule has 0 aliphatic heterocycles. The lowest BCUT2D eigenvalue weighted by molar-refractivity contribution is 0.507. The van der Waals surface area contributed by atoms with Crippen molar-refractivity contribution in [3.8, 4) is 12.3 Å². The zero-order valence-corrected chi connectivity index (χ0v) is 10.2. The van der Waals surface area contributed by atoms with E-state index in [2.05, 4.69) is 28.5 Å². The molecule has 4 heteroatoms. The predicted octanol–water partition coefficient (Wildman–Crippen LogP) is 1.40. The van der Waals surface area contributed by atoms with Crippen LogP contribution in [0.25, 0.3) is 0 Å². The minimum atomic E-state index is 0.482. The third-order valence-corrected chi connectivity index (χ3v) is 2.10. The van der Waals surface area contributed by atoms with Gasteiger partial charge in [-0.3, -0.25) is 4.99 Å². The molecule has 92 valence electrons. The van der Waals surface area contributed by atoms with Gasteiger partial charge in [0, 0.05) is 19.5 Å². The van der Waals surface area contributed by atoms with E-state index in [1.807, 2.05) is 12.1 Å². The number of hydrogen-bond acceptors (Lipinski definition) is 2. The van der Waals surface area contributed by atoms with E-state index in [0.717, 1.165) is 37.7 Å². The van der Waals surface area contributed by atoms with E-state index in [1.54, 1.807) is 6.26 Å². The molecule has 17 heavy (non-hydrogen) atoms. The van der Waals surface area contributed by atoms with Crippen LogP contribution in [-0.4, -0.2) is 25.6 Å². The summed E-state index contributed by atoms with van der Waals surface area (Å²) in [6, 6.07) is 3.84. The average molecular weight is 233 g/mol. The highest BCUT2D eigenvalue weighted by atomic mass is 16.3. The second kappa shape index (κ2) is 8.28. The lowest BCUT2D eigenvalue weighted by Crippen LogP contribution is -2.38. The molecule has 1 rings (SSSR count). The maximum Gasteiger partial charge on any atom is 0.192 e. The second-order valence-electron chi connectivity index (χ2n) is 3.54. The van der Waals surface area contributed by atoms with Crippen molar-refractivity contribution in [3.63, 3.8) is 0 Å². The smallest absolute Gasteiger partial charge is 0.192 e. The van der Waals surface area contributed by atoms with Crippen LogP contribution >= 0.6 is 0 Å². The Morgan fingerprint density at radius 1 is 1.53 bits per heavy atom. The van der Waals surface area contributed by atoms with Crippen LogP contribution in [0.4, 0.5) is 0 Å². The highest BCUT2D eigenvalue weighted by Crippen LogP contribution is 1.99. The highest BCUT2D eigenvalue weighted by molar-refractivity contribution is 5.80. The summed E-state index contributed by atoms with van der Waals surface area (Å²) < 4.78 is 5.24. The van der Waals surface area contributed by atoms with E-state index in [0.29, 0.717) is 6.54 Å². The molecule has 0 saturated carbocycles. The quantitative estimate of drug-likeness (QED) is 0.443. The van der Waals surface area contributed by atoms with Crippen LogP contribution < -0.4 is 10.6 Å². The summed E-state index contributed by atoms with van der Waals surface area (Å²) in [7, 11) is 0. The van der Waals surface area contributed by atoms with E-state index in [-0.39, 0.29) is 0 Å². The lowest BCUT2D eigenvalue weighted by atomic mass is 10.3. The normalized spacial score (nSPS) is 10.9. The predicted molar refractivity (Wildman–Crippen MR) is 69.8 cm³/mol. The summed E-state index contributed by atoms with van der Waals surface area (Å²) in [5.74, 6) is 4.25. The van der Waals surface area contributed by atoms with Gasteiger partial charge in [-0.25, -0.2) is 0 Å². The Balaban J connectivity index is 2.30. The van der Waals surface area contributed by atoms with Crippen molar-refractivity contribution < 1.29 is 4.42 Å². The van der Waals surface area contributed by atoms with Crippen LogP contribution in [0.5, 0.6) is 0 Å². The lowest BCUT2D eigenvalue weighted by Gasteiger charge is -2.09. The summed E-state index contributed by atoms with van der Waals surface area (Å²) in [6.45, 7) is 4.13. The van der Waals surface area contributed by atoms with Crippen LogP contribution in [0, 0.1) is 12.3 Å². The fraction of sp³-hybridized carbons (Fsp3) is 0.462. The molecular formula is C13H19N3O. The number of rotatable bonds is 6. The van der Waals surface area contributed by atoms with Gasteiger partial charge in [0.25, 0.3) is 0 Å². The van der Waals surface area contributed by atoms with E-state index in [9.17, 15) is 0 Å². The fourth-order valence-corrected chi connectivity index (χ4v) is 1.29. The molecule has 0 spiro atoms. The Morgan fingerprint density at radius 2 is 2.41 bits per heavy atom. The van der Waals surface area contributed by atoms with Crippen LogP contribution in [0.1, 0.15) is 19.1 Å². The largest absolute Gasteiger partial charge is 0.469 e. The van der Waals surface area contributed by atoms with Gasteiger partial charge in [-0.15, -0.1) is 6.42 Å². The highest BCUT2D eigenvalue weighted by Gasteiger charge is 1.98. The number of nitrogens with zero attached hydrogens (tertiary/aromatic N) is 1. The Bertz CT molecular complexity index is 363. The van der Waals surface area contributed by atoms with Crippen molar-refractivity contribution in [2.24, 2.45) is 4.99 Å². The number of guanidine groups is 1. The van der Waals surface area contributed by atoms with E-state index >= 15 is 0 Å². The first-order valence-electron chi connectivity index (χ1n) is 5.84. The Labute approximate surface area is 103 Å². The first kappa shape index (κ1) is 13.2. The van der Waals surface area contributed by atoms with Crippen LogP contribution in [0.3, 0.4) is 0 Å². The van der Waals surface area contributed by atoms with Crippen molar-refractivity contribution >= 4 is 5.96 Å². The molecule has 0 bridgehead atoms. The Hall–Kier alpha value is -1.89. The molecular weight excluding hydrogens is 214 g/mol. The summed E-state index contributed by atoms with van der Waals surface area (Å²) >= 11 is 0. The first-order chi connectivity index (χ1) is 8.36. The van der Waals surface area contributed by atoms with Gasteiger partial charge in [0.2, 0.25) is 0 Å². The fourth-order valence-electron chi connectivity index (χ4n) is 1.29. The molecule has 0 aliphatic rings. The van der Waals surface area contributed by atoms with Gasteiger partial charge in [0.15, 0.2) is 5.96 Å². The van der Waals surface area contributed by atoms with Crippen molar-refractivity contribution in [2.75, 3.05) is 19.6 Å². The standard InChI is InChI=1S/C13H19N3O/c1-3-8-14-13(15-9-4-2)16-10-7-12-6-5-11-17-12/h1,5-6,11H,4,7-10H2,2H3,(H2,14,15,16). The summed E-state index contributed by atoms with van der Waals surface area (Å²) in [6.07, 6.45) is 8.72. The average Bonchev–Trinajstić information content (AvgIpc) is 2.85. The molecule has 0 saturated heterocycles. The molecule has 0 aliphatic carbocycles. The second-order valence-corrected chi connectivity index (χ2v) is 3.54. The molecule has 1 heterocycles. The summed E-state index contributed by atoms with van der Waals surface area (Å²) in [5, 5.41) is 6.27. The Kier molecular flexibility index (Phi) is 6.42. The van der Waals surface area contributed by atoms with Gasteiger partial charge >= 0.3 is 0 Å². The van der Waals surface area contributed by atoms with Crippen molar-refractivity contribution in [1.29, 1.82) is 0 Å². The maximum atomic E-state index is 5.24. The van der Waals surface area contributed by atoms with Crippen molar-refractivity contribution in [3.05, 3.63) is 24.2 Å². The number of furan rings is 1. The number of aliphatic imine (C=N–C) groups is 1. The molecule has 0 radical (unpaired) electrons. The molecule has 0 aromatic carbocycles. The van der Waals surface area contributed by atoms with Gasteiger partial charge in [-0.05, 0) is 18.6 Å². The van der Waals surface area contributed by atoms with Gasteiger partial charge in [0.1, 0.15) is 5.76 Å². The molecule has 0 fully saturated rings. The minimum absolute atomic E-state index is 0.482. The minimum Gasteiger partial charge on any atom is -0.469 e. The first-order valence-corrected chi connectivity index (χ1v) is 5.84. The number of terminal acetylenes is 1. The van der Waals surface area contributed by atoms with Crippen LogP contribution in [0.15, 0.2) is 27.8 Å². The monoisotopic (exact) mass is 233 g/mol. The van der Waals surface area contributed by atoms with Gasteiger partial charge in [-0.1, -0.05) is 12.8 Å². The van der Waals surface area contributed by atoms with Crippen LogP contribution in [-0.2, 0) is 6.42 Å². The number of nitrogens with one attached hydrogen (secondary N) is 2. The van der Waals surface area contributed by atoms with Crippen molar-refractivity contribution in [1.82, 2.24) is 10.6 Å². The summed E-state index contributed by atoms with van der Waals surface area (Å²) in [4.78, 5) is 4.37. The zero-order valence-electron chi connectivity index (χ0n) is 10.2. The summed E-state index contributed by atoms with van der Waals surface area (Å²) in [5.41, 5.74) is 0. The topological polar surface area (TPSA) is 49.6 Å². The van der Waals surface area contributed by atoms with E-state index in [1.165, 1.54) is 0 Å². The maximum absolute atomic E-state index is 5.24. The molecule has 0 amide bonds. The number of hydrogen-bond donors (Lipinski definition) is 2. The molecule has 0 atom stereocenters.